The molecule has 3 N–H and O–H groups in total. The van der Waals surface area contributed by atoms with E-state index in [1.807, 2.05) is 72.9 Å². The van der Waals surface area contributed by atoms with Crippen LogP contribution in [0.3, 0.4) is 0 Å². The minimum absolute atomic E-state index is 0.187. The Kier molecular flexibility index (Phi) is 7.15. The van der Waals surface area contributed by atoms with Crippen LogP contribution in [0, 0.1) is 0 Å². The van der Waals surface area contributed by atoms with E-state index in [1.54, 1.807) is 21.3 Å². The van der Waals surface area contributed by atoms with Crippen molar-refractivity contribution in [2.24, 2.45) is 0 Å². The smallest absolute Gasteiger partial charge is 0.253 e. The minimum Gasteiger partial charge on any atom is -0.497 e. The Morgan fingerprint density at radius 2 is 1.80 bits per heavy atom. The number of aliphatic hydroxyl groups excluding tert-OH is 1. The topological polar surface area (TPSA) is 97.7 Å². The summed E-state index contributed by atoms with van der Waals surface area (Å²) >= 11 is 0. The molecule has 0 fully saturated rings. The zero-order chi connectivity index (χ0) is 28.5. The summed E-state index contributed by atoms with van der Waals surface area (Å²) in [6.45, 7) is 0.504. The van der Waals surface area contributed by atoms with Gasteiger partial charge in [-0.05, 0) is 60.4 Å². The lowest BCUT2D eigenvalue weighted by Gasteiger charge is -2.23. The first-order chi connectivity index (χ1) is 20.0. The second-order valence-corrected chi connectivity index (χ2v) is 10.2. The van der Waals surface area contributed by atoms with Gasteiger partial charge < -0.3 is 34.2 Å². The molecule has 1 aliphatic rings. The molecule has 1 atom stereocenters. The van der Waals surface area contributed by atoms with Crippen molar-refractivity contribution in [3.63, 3.8) is 0 Å². The number of aromatic amines is 1. The molecule has 3 aromatic carbocycles. The van der Waals surface area contributed by atoms with Crippen LogP contribution in [0.2, 0.25) is 0 Å². The number of nitrogens with one attached hydrogen (secondary N) is 2. The van der Waals surface area contributed by atoms with E-state index in [9.17, 15) is 9.90 Å². The summed E-state index contributed by atoms with van der Waals surface area (Å²) in [5, 5.41) is 14.5. The fourth-order valence-electron chi connectivity index (χ4n) is 5.85. The molecule has 3 heterocycles. The molecule has 6 rings (SSSR count). The van der Waals surface area contributed by atoms with Crippen molar-refractivity contribution in [2.75, 3.05) is 27.9 Å². The quantitative estimate of drug-likeness (QED) is 0.233. The number of para-hydroxylation sites is 1. The Bertz CT molecular complexity index is 1730. The molecule has 5 aromatic rings. The van der Waals surface area contributed by atoms with Crippen LogP contribution in [0.4, 0.5) is 0 Å². The predicted molar refractivity (Wildman–Crippen MR) is 159 cm³/mol. The summed E-state index contributed by atoms with van der Waals surface area (Å²) in [7, 11) is 4.88. The van der Waals surface area contributed by atoms with E-state index < -0.39 is 6.04 Å². The number of methoxy groups -OCH3 is 3. The lowest BCUT2D eigenvalue weighted by atomic mass is 9.97. The van der Waals surface area contributed by atoms with Crippen molar-refractivity contribution in [3.05, 3.63) is 89.6 Å². The first-order valence-electron chi connectivity index (χ1n) is 13.6. The van der Waals surface area contributed by atoms with E-state index in [1.165, 1.54) is 0 Å². The highest BCUT2D eigenvalue weighted by Crippen LogP contribution is 2.42. The molecule has 1 aliphatic heterocycles. The van der Waals surface area contributed by atoms with Crippen LogP contribution in [-0.4, -0.2) is 54.5 Å². The summed E-state index contributed by atoms with van der Waals surface area (Å²) in [5.41, 5.74) is 7.33. The highest BCUT2D eigenvalue weighted by Gasteiger charge is 2.28. The fraction of sp³-hybridized carbons (Fsp3) is 0.242. The SMILES string of the molecule is COc1cccc(-c2c(C(=O)NC(CO)Cc3c[nH]c4ccccc34)cc3n2CCc2cc(OC)c(OC)cc2-3)c1. The average Bonchev–Trinajstić information content (AvgIpc) is 3.62. The lowest BCUT2D eigenvalue weighted by Crippen LogP contribution is -2.39. The molecule has 1 unspecified atom stereocenters. The van der Waals surface area contributed by atoms with Gasteiger partial charge in [0.15, 0.2) is 11.5 Å². The van der Waals surface area contributed by atoms with Crippen molar-refractivity contribution in [3.8, 4) is 39.8 Å². The molecule has 0 saturated heterocycles. The van der Waals surface area contributed by atoms with Crippen LogP contribution in [0.15, 0.2) is 72.9 Å². The summed E-state index contributed by atoms with van der Waals surface area (Å²) in [5.74, 6) is 1.78. The number of aromatic nitrogens is 2. The molecular weight excluding hydrogens is 518 g/mol. The van der Waals surface area contributed by atoms with Gasteiger partial charge in [0.1, 0.15) is 5.75 Å². The molecule has 0 bridgehead atoms. The average molecular weight is 552 g/mol. The van der Waals surface area contributed by atoms with Crippen LogP contribution in [-0.2, 0) is 19.4 Å². The number of hydrogen-bond acceptors (Lipinski definition) is 5. The van der Waals surface area contributed by atoms with Gasteiger partial charge in [0, 0.05) is 40.5 Å². The van der Waals surface area contributed by atoms with E-state index >= 15 is 0 Å². The molecule has 8 nitrogen and oxygen atoms in total. The number of aryl methyl sites for hydroxylation is 1. The maximum Gasteiger partial charge on any atom is 0.253 e. The van der Waals surface area contributed by atoms with Gasteiger partial charge in [-0.15, -0.1) is 0 Å². The van der Waals surface area contributed by atoms with E-state index in [-0.39, 0.29) is 12.5 Å². The van der Waals surface area contributed by atoms with Gasteiger partial charge in [-0.3, -0.25) is 4.79 Å². The number of benzene rings is 3. The number of amides is 1. The van der Waals surface area contributed by atoms with E-state index in [4.69, 9.17) is 14.2 Å². The Hall–Kier alpha value is -4.69. The van der Waals surface area contributed by atoms with Crippen molar-refractivity contribution < 1.29 is 24.1 Å². The number of aliphatic hydroxyl groups is 1. The molecule has 210 valence electrons. The second kappa shape index (κ2) is 11.1. The number of fused-ring (bicyclic) bond motifs is 4. The number of rotatable bonds is 9. The molecule has 0 radical (unpaired) electrons. The first kappa shape index (κ1) is 26.5. The summed E-state index contributed by atoms with van der Waals surface area (Å²) in [6.07, 6.45) is 3.21. The van der Waals surface area contributed by atoms with Crippen LogP contribution < -0.4 is 19.5 Å². The molecular formula is C33H33N3O5. The van der Waals surface area contributed by atoms with Crippen molar-refractivity contribution in [2.45, 2.75) is 25.4 Å². The number of H-pyrrole nitrogens is 1. The predicted octanol–water partition coefficient (Wildman–Crippen LogP) is 5.22. The van der Waals surface area contributed by atoms with E-state index in [2.05, 4.69) is 14.9 Å². The summed E-state index contributed by atoms with van der Waals surface area (Å²) in [6, 6.07) is 21.2. The maximum atomic E-state index is 14.0. The van der Waals surface area contributed by atoms with Gasteiger partial charge in [0.05, 0.1) is 45.2 Å². The fourth-order valence-corrected chi connectivity index (χ4v) is 5.85. The third kappa shape index (κ3) is 4.80. The Morgan fingerprint density at radius 3 is 2.59 bits per heavy atom. The minimum atomic E-state index is -0.464. The highest BCUT2D eigenvalue weighted by molar-refractivity contribution is 6.02. The molecule has 0 spiro atoms. The number of carbonyl (C=O) groups is 1. The summed E-state index contributed by atoms with van der Waals surface area (Å²) in [4.78, 5) is 17.3. The van der Waals surface area contributed by atoms with Gasteiger partial charge in [-0.2, -0.15) is 0 Å². The van der Waals surface area contributed by atoms with Crippen molar-refractivity contribution in [1.29, 1.82) is 0 Å². The van der Waals surface area contributed by atoms with Gasteiger partial charge in [-0.25, -0.2) is 0 Å². The van der Waals surface area contributed by atoms with Gasteiger partial charge in [-0.1, -0.05) is 30.3 Å². The van der Waals surface area contributed by atoms with Gasteiger partial charge in [0.25, 0.3) is 5.91 Å². The Morgan fingerprint density at radius 1 is 1.00 bits per heavy atom. The third-order valence-corrected chi connectivity index (χ3v) is 7.87. The molecule has 1 amide bonds. The zero-order valence-electron chi connectivity index (χ0n) is 23.4. The van der Waals surface area contributed by atoms with E-state index in [0.717, 1.165) is 51.0 Å². The number of carbonyl (C=O) groups excluding carboxylic acids is 1. The normalized spacial score (nSPS) is 12.9. The summed E-state index contributed by atoms with van der Waals surface area (Å²) < 4.78 is 18.8. The van der Waals surface area contributed by atoms with Gasteiger partial charge >= 0.3 is 0 Å². The molecule has 41 heavy (non-hydrogen) atoms. The van der Waals surface area contributed by atoms with Crippen LogP contribution >= 0.6 is 0 Å². The van der Waals surface area contributed by atoms with Crippen LogP contribution in [0.1, 0.15) is 21.5 Å². The number of nitrogens with zero attached hydrogens (tertiary/aromatic N) is 1. The number of ether oxygens (including phenoxy) is 3. The molecule has 8 heteroatoms. The second-order valence-electron chi connectivity index (χ2n) is 10.2. The molecule has 2 aromatic heterocycles. The Labute approximate surface area is 238 Å². The molecule has 0 aliphatic carbocycles. The standard InChI is InChI=1S/C33H33N3O5/c1-39-24-8-6-7-21(14-24)32-27(16-29-26-17-31(41-3)30(40-2)15-20(26)11-12-36(29)32)33(38)35-23(19-37)13-22-18-34-28-10-5-4-9-25(22)28/h4-10,14-18,23,34,37H,11-13,19H2,1-3H3,(H,35,38). The largest absolute Gasteiger partial charge is 0.497 e. The molecule has 0 saturated carbocycles. The van der Waals surface area contributed by atoms with Gasteiger partial charge in [0.2, 0.25) is 0 Å². The first-order valence-corrected chi connectivity index (χ1v) is 13.6. The maximum absolute atomic E-state index is 14.0. The zero-order valence-corrected chi connectivity index (χ0v) is 23.4. The number of hydrogen-bond donors (Lipinski definition) is 3. The third-order valence-electron chi connectivity index (χ3n) is 7.87. The van der Waals surface area contributed by atoms with Crippen molar-refractivity contribution >= 4 is 16.8 Å². The van der Waals surface area contributed by atoms with Crippen molar-refractivity contribution in [1.82, 2.24) is 14.9 Å². The lowest BCUT2D eigenvalue weighted by molar-refractivity contribution is 0.0917. The van der Waals surface area contributed by atoms with E-state index in [0.29, 0.717) is 35.8 Å². The monoisotopic (exact) mass is 551 g/mol. The Balaban J connectivity index is 1.41. The highest BCUT2D eigenvalue weighted by atomic mass is 16.5. The van der Waals surface area contributed by atoms with Crippen LogP contribution in [0.5, 0.6) is 17.2 Å². The van der Waals surface area contributed by atoms with Crippen LogP contribution in [0.25, 0.3) is 33.4 Å².